The molecule has 18 heavy (non-hydrogen) atoms. The molecule has 1 aromatic rings. The van der Waals surface area contributed by atoms with E-state index in [2.05, 4.69) is 4.84 Å². The topological polar surface area (TPSA) is 55.4 Å². The minimum atomic E-state index is -4.83. The molecular weight excluding hydrogens is 295 g/mol. The van der Waals surface area contributed by atoms with Crippen LogP contribution in [0.3, 0.4) is 0 Å². The SMILES string of the molecule is CCONS(=O)(=O)c1ccc(Cl)cc1C(F)(F)F. The number of rotatable bonds is 4. The summed E-state index contributed by atoms with van der Waals surface area (Å²) >= 11 is 5.43. The van der Waals surface area contributed by atoms with Gasteiger partial charge in [-0.25, -0.2) is 8.42 Å². The van der Waals surface area contributed by atoms with Crippen molar-refractivity contribution in [1.29, 1.82) is 0 Å². The molecule has 0 amide bonds. The molecule has 0 radical (unpaired) electrons. The van der Waals surface area contributed by atoms with Crippen molar-refractivity contribution in [1.82, 2.24) is 4.89 Å². The van der Waals surface area contributed by atoms with E-state index in [4.69, 9.17) is 11.6 Å². The maximum absolute atomic E-state index is 12.7. The van der Waals surface area contributed by atoms with Crippen LogP contribution in [-0.4, -0.2) is 15.0 Å². The van der Waals surface area contributed by atoms with Gasteiger partial charge in [-0.2, -0.15) is 13.2 Å². The molecule has 0 fully saturated rings. The molecule has 0 spiro atoms. The first-order valence-corrected chi connectivity index (χ1v) is 6.55. The van der Waals surface area contributed by atoms with Crippen molar-refractivity contribution in [2.24, 2.45) is 0 Å². The monoisotopic (exact) mass is 303 g/mol. The Kier molecular flexibility index (Phi) is 4.60. The molecule has 0 saturated carbocycles. The maximum atomic E-state index is 12.7. The Morgan fingerprint density at radius 2 is 2.00 bits per heavy atom. The van der Waals surface area contributed by atoms with E-state index < -0.39 is 26.7 Å². The minimum Gasteiger partial charge on any atom is -0.287 e. The molecule has 102 valence electrons. The summed E-state index contributed by atoms with van der Waals surface area (Å²) in [6, 6.07) is 2.37. The molecule has 0 bridgehead atoms. The van der Waals surface area contributed by atoms with Crippen molar-refractivity contribution >= 4 is 21.6 Å². The predicted molar refractivity (Wildman–Crippen MR) is 58.4 cm³/mol. The quantitative estimate of drug-likeness (QED) is 0.870. The summed E-state index contributed by atoms with van der Waals surface area (Å²) in [5.74, 6) is 0. The van der Waals surface area contributed by atoms with Gasteiger partial charge in [-0.15, -0.1) is 0 Å². The third-order valence-corrected chi connectivity index (χ3v) is 3.36. The molecule has 4 nitrogen and oxygen atoms in total. The fraction of sp³-hybridized carbons (Fsp3) is 0.333. The van der Waals surface area contributed by atoms with Gasteiger partial charge in [0.15, 0.2) is 0 Å². The molecule has 0 atom stereocenters. The van der Waals surface area contributed by atoms with Crippen molar-refractivity contribution in [3.63, 3.8) is 0 Å². The second-order valence-corrected chi connectivity index (χ2v) is 5.21. The van der Waals surface area contributed by atoms with Crippen molar-refractivity contribution < 1.29 is 26.4 Å². The molecular formula is C9H9ClF3NO3S. The molecule has 0 aromatic heterocycles. The van der Waals surface area contributed by atoms with Crippen LogP contribution in [0.1, 0.15) is 12.5 Å². The van der Waals surface area contributed by atoms with Gasteiger partial charge in [0.05, 0.1) is 17.1 Å². The van der Waals surface area contributed by atoms with Crippen LogP contribution in [-0.2, 0) is 21.0 Å². The highest BCUT2D eigenvalue weighted by atomic mass is 35.5. The van der Waals surface area contributed by atoms with Gasteiger partial charge in [-0.1, -0.05) is 16.5 Å². The lowest BCUT2D eigenvalue weighted by Gasteiger charge is -2.13. The molecule has 0 unspecified atom stereocenters. The lowest BCUT2D eigenvalue weighted by Crippen LogP contribution is -2.26. The average Bonchev–Trinajstić information content (AvgIpc) is 2.25. The Morgan fingerprint density at radius 1 is 1.39 bits per heavy atom. The average molecular weight is 304 g/mol. The number of alkyl halides is 3. The predicted octanol–water partition coefficient (Wildman–Crippen LogP) is 2.59. The van der Waals surface area contributed by atoms with Gasteiger partial charge in [-0.3, -0.25) is 4.84 Å². The number of hydrogen-bond donors (Lipinski definition) is 1. The Balaban J connectivity index is 3.33. The highest BCUT2D eigenvalue weighted by molar-refractivity contribution is 7.89. The summed E-state index contributed by atoms with van der Waals surface area (Å²) < 4.78 is 61.2. The minimum absolute atomic E-state index is 0.0197. The number of benzene rings is 1. The van der Waals surface area contributed by atoms with Gasteiger partial charge < -0.3 is 0 Å². The summed E-state index contributed by atoms with van der Waals surface area (Å²) in [6.07, 6.45) is -4.83. The van der Waals surface area contributed by atoms with E-state index in [1.54, 1.807) is 4.89 Å². The van der Waals surface area contributed by atoms with E-state index in [0.717, 1.165) is 12.1 Å². The number of halogens is 4. The van der Waals surface area contributed by atoms with Crippen LogP contribution in [0.5, 0.6) is 0 Å². The first-order valence-electron chi connectivity index (χ1n) is 4.69. The first-order chi connectivity index (χ1) is 8.18. The Hall–Kier alpha value is -0.830. The standard InChI is InChI=1S/C9H9ClF3NO3S/c1-2-17-14-18(15,16)8-4-3-6(10)5-7(8)9(11,12)13/h3-5,14H,2H2,1H3. The molecule has 0 aliphatic heterocycles. The van der Waals surface area contributed by atoms with E-state index >= 15 is 0 Å². The van der Waals surface area contributed by atoms with Crippen molar-refractivity contribution in [3.05, 3.63) is 28.8 Å². The highest BCUT2D eigenvalue weighted by Crippen LogP contribution is 2.35. The zero-order chi connectivity index (χ0) is 14.0. The molecule has 0 heterocycles. The van der Waals surface area contributed by atoms with Crippen LogP contribution < -0.4 is 4.89 Å². The molecule has 0 aliphatic carbocycles. The summed E-state index contributed by atoms with van der Waals surface area (Å²) in [4.78, 5) is 5.06. The van der Waals surface area contributed by atoms with Crippen LogP contribution in [0.15, 0.2) is 23.1 Å². The highest BCUT2D eigenvalue weighted by Gasteiger charge is 2.37. The van der Waals surface area contributed by atoms with E-state index in [-0.39, 0.29) is 11.6 Å². The fourth-order valence-electron chi connectivity index (χ4n) is 1.14. The lowest BCUT2D eigenvalue weighted by atomic mass is 10.2. The van der Waals surface area contributed by atoms with Crippen molar-refractivity contribution in [2.75, 3.05) is 6.61 Å². The molecule has 0 saturated heterocycles. The number of sulfonamides is 1. The van der Waals surface area contributed by atoms with Gasteiger partial charge >= 0.3 is 6.18 Å². The lowest BCUT2D eigenvalue weighted by molar-refractivity contribution is -0.139. The van der Waals surface area contributed by atoms with E-state index in [1.165, 1.54) is 6.92 Å². The first kappa shape index (κ1) is 15.2. The molecule has 1 aromatic carbocycles. The zero-order valence-electron chi connectivity index (χ0n) is 9.08. The number of nitrogens with one attached hydrogen (secondary N) is 1. The third kappa shape index (κ3) is 3.58. The van der Waals surface area contributed by atoms with Gasteiger partial charge in [0.1, 0.15) is 0 Å². The van der Waals surface area contributed by atoms with E-state index in [1.807, 2.05) is 0 Å². The smallest absolute Gasteiger partial charge is 0.287 e. The Morgan fingerprint density at radius 3 is 2.50 bits per heavy atom. The maximum Gasteiger partial charge on any atom is 0.417 e. The van der Waals surface area contributed by atoms with Gasteiger partial charge in [-0.05, 0) is 25.1 Å². The van der Waals surface area contributed by atoms with Crippen LogP contribution in [0.2, 0.25) is 5.02 Å². The number of hydrogen-bond acceptors (Lipinski definition) is 3. The summed E-state index contributed by atoms with van der Waals surface area (Å²) in [5, 5.41) is -0.210. The van der Waals surface area contributed by atoms with Crippen LogP contribution >= 0.6 is 11.6 Å². The molecule has 1 rings (SSSR count). The normalized spacial score (nSPS) is 12.7. The van der Waals surface area contributed by atoms with Gasteiger partial charge in [0, 0.05) is 5.02 Å². The second-order valence-electron chi connectivity index (χ2n) is 3.16. The summed E-state index contributed by atoms with van der Waals surface area (Å²) in [6.45, 7) is 1.46. The molecule has 0 aliphatic rings. The Bertz CT molecular complexity index is 530. The van der Waals surface area contributed by atoms with Crippen LogP contribution in [0.25, 0.3) is 0 Å². The van der Waals surface area contributed by atoms with Gasteiger partial charge in [0.25, 0.3) is 10.0 Å². The third-order valence-electron chi connectivity index (χ3n) is 1.85. The second kappa shape index (κ2) is 5.43. The summed E-state index contributed by atoms with van der Waals surface area (Å²) in [5.41, 5.74) is -1.35. The fourth-order valence-corrected chi connectivity index (χ4v) is 2.39. The van der Waals surface area contributed by atoms with Crippen molar-refractivity contribution in [2.45, 2.75) is 18.0 Å². The van der Waals surface area contributed by atoms with Crippen LogP contribution in [0, 0.1) is 0 Å². The molecule has 1 N–H and O–H groups in total. The van der Waals surface area contributed by atoms with Crippen molar-refractivity contribution in [3.8, 4) is 0 Å². The van der Waals surface area contributed by atoms with E-state index in [0.29, 0.717) is 6.07 Å². The van der Waals surface area contributed by atoms with Gasteiger partial charge in [0.2, 0.25) is 0 Å². The zero-order valence-corrected chi connectivity index (χ0v) is 10.7. The largest absolute Gasteiger partial charge is 0.417 e. The molecule has 9 heteroatoms. The van der Waals surface area contributed by atoms with Crippen LogP contribution in [0.4, 0.5) is 13.2 Å². The summed E-state index contributed by atoms with van der Waals surface area (Å²) in [7, 11) is -4.40. The van der Waals surface area contributed by atoms with E-state index in [9.17, 15) is 21.6 Å². The Labute approximate surface area is 107 Å².